The molecule has 0 bridgehead atoms. The molecule has 138 valence electrons. The second-order valence-electron chi connectivity index (χ2n) is 6.80. The van der Waals surface area contributed by atoms with E-state index in [1.165, 1.54) is 11.1 Å². The standard InChI is InChI=1S/C20H18ClN3O3/c21-14-5-3-13(4-6-14)12-17(25)23-10-7-15(8-11-23)24-19(26)16-2-1-9-22-18(16)20(24)27/h1-6,9,15H,7-8,10-12H2. The molecule has 0 aliphatic carbocycles. The van der Waals surface area contributed by atoms with Crippen LogP contribution >= 0.6 is 11.6 Å². The average Bonchev–Trinajstić information content (AvgIpc) is 2.95. The van der Waals surface area contributed by atoms with Gasteiger partial charge in [-0.3, -0.25) is 24.3 Å². The Kier molecular flexibility index (Phi) is 4.66. The number of piperidine rings is 1. The summed E-state index contributed by atoms with van der Waals surface area (Å²) in [6, 6.07) is 10.3. The zero-order valence-corrected chi connectivity index (χ0v) is 15.4. The molecule has 0 N–H and O–H groups in total. The topological polar surface area (TPSA) is 70.6 Å². The number of hydrogen-bond acceptors (Lipinski definition) is 4. The minimum atomic E-state index is -0.332. The minimum Gasteiger partial charge on any atom is -0.342 e. The smallest absolute Gasteiger partial charge is 0.280 e. The number of halogens is 1. The van der Waals surface area contributed by atoms with Gasteiger partial charge in [0.15, 0.2) is 0 Å². The summed E-state index contributed by atoms with van der Waals surface area (Å²) in [6.07, 6.45) is 3.00. The fraction of sp³-hybridized carbons (Fsp3) is 0.300. The Balaban J connectivity index is 1.38. The summed E-state index contributed by atoms with van der Waals surface area (Å²) < 4.78 is 0. The van der Waals surface area contributed by atoms with Crippen LogP contribution in [-0.4, -0.2) is 51.6 Å². The molecule has 2 aromatic rings. The fourth-order valence-corrected chi connectivity index (χ4v) is 3.80. The SMILES string of the molecule is O=C(Cc1ccc(Cl)cc1)N1CCC(N2C(=O)c3cccnc3C2=O)CC1. The summed E-state index contributed by atoms with van der Waals surface area (Å²) in [6.45, 7) is 1.05. The van der Waals surface area contributed by atoms with Gasteiger partial charge in [-0.05, 0) is 42.7 Å². The van der Waals surface area contributed by atoms with Gasteiger partial charge in [0, 0.05) is 30.4 Å². The predicted molar refractivity (Wildman–Crippen MR) is 99.5 cm³/mol. The van der Waals surface area contributed by atoms with Crippen molar-refractivity contribution < 1.29 is 14.4 Å². The molecule has 0 saturated carbocycles. The van der Waals surface area contributed by atoms with Gasteiger partial charge in [-0.1, -0.05) is 23.7 Å². The van der Waals surface area contributed by atoms with Crippen LogP contribution in [0.4, 0.5) is 0 Å². The molecular weight excluding hydrogens is 366 g/mol. The van der Waals surface area contributed by atoms with E-state index in [9.17, 15) is 14.4 Å². The largest absolute Gasteiger partial charge is 0.342 e. The van der Waals surface area contributed by atoms with Crippen LogP contribution in [0, 0.1) is 0 Å². The minimum absolute atomic E-state index is 0.0415. The lowest BCUT2D eigenvalue weighted by atomic mass is 10.0. The molecule has 1 saturated heterocycles. The molecule has 2 aliphatic heterocycles. The highest BCUT2D eigenvalue weighted by Crippen LogP contribution is 2.27. The van der Waals surface area contributed by atoms with Gasteiger partial charge in [0.1, 0.15) is 5.69 Å². The van der Waals surface area contributed by atoms with Crippen LogP contribution in [-0.2, 0) is 11.2 Å². The number of pyridine rings is 1. The molecule has 3 amide bonds. The Labute approximate surface area is 161 Å². The summed E-state index contributed by atoms with van der Waals surface area (Å²) in [5.41, 5.74) is 1.51. The zero-order chi connectivity index (χ0) is 19.0. The first-order valence-corrected chi connectivity index (χ1v) is 9.27. The van der Waals surface area contributed by atoms with Gasteiger partial charge < -0.3 is 4.90 Å². The van der Waals surface area contributed by atoms with Gasteiger partial charge in [-0.2, -0.15) is 0 Å². The number of fused-ring (bicyclic) bond motifs is 1. The highest BCUT2D eigenvalue weighted by molar-refractivity contribution is 6.30. The van der Waals surface area contributed by atoms with Gasteiger partial charge in [0.25, 0.3) is 11.8 Å². The van der Waals surface area contributed by atoms with Crippen molar-refractivity contribution in [3.8, 4) is 0 Å². The summed E-state index contributed by atoms with van der Waals surface area (Å²) in [7, 11) is 0. The lowest BCUT2D eigenvalue weighted by Gasteiger charge is -2.35. The number of nitrogens with zero attached hydrogens (tertiary/aromatic N) is 3. The van der Waals surface area contributed by atoms with Gasteiger partial charge >= 0.3 is 0 Å². The van der Waals surface area contributed by atoms with Crippen LogP contribution in [0.2, 0.25) is 5.02 Å². The molecule has 3 heterocycles. The van der Waals surface area contributed by atoms with Crippen molar-refractivity contribution in [1.82, 2.24) is 14.8 Å². The fourth-order valence-electron chi connectivity index (χ4n) is 3.68. The molecule has 0 spiro atoms. The highest BCUT2D eigenvalue weighted by atomic mass is 35.5. The maximum Gasteiger partial charge on any atom is 0.280 e. The van der Waals surface area contributed by atoms with Gasteiger partial charge in [-0.25, -0.2) is 0 Å². The first-order valence-electron chi connectivity index (χ1n) is 8.89. The van der Waals surface area contributed by atoms with Crippen molar-refractivity contribution in [2.24, 2.45) is 0 Å². The van der Waals surface area contributed by atoms with Crippen LogP contribution in [0.3, 0.4) is 0 Å². The Bertz CT molecular complexity index is 870. The number of benzene rings is 1. The Morgan fingerprint density at radius 3 is 2.44 bits per heavy atom. The number of carbonyl (C=O) groups is 3. The lowest BCUT2D eigenvalue weighted by molar-refractivity contribution is -0.131. The van der Waals surface area contributed by atoms with Crippen molar-refractivity contribution in [2.45, 2.75) is 25.3 Å². The van der Waals surface area contributed by atoms with E-state index in [2.05, 4.69) is 4.98 Å². The summed E-state index contributed by atoms with van der Waals surface area (Å²) in [5.74, 6) is -0.574. The molecule has 1 fully saturated rings. The van der Waals surface area contributed by atoms with Crippen LogP contribution in [0.5, 0.6) is 0 Å². The lowest BCUT2D eigenvalue weighted by Crippen LogP contribution is -2.49. The van der Waals surface area contributed by atoms with E-state index < -0.39 is 0 Å². The molecular formula is C20H18ClN3O3. The monoisotopic (exact) mass is 383 g/mol. The predicted octanol–water partition coefficient (Wildman–Crippen LogP) is 2.56. The molecule has 1 aromatic carbocycles. The molecule has 4 rings (SSSR count). The number of rotatable bonds is 3. The van der Waals surface area contributed by atoms with E-state index in [0.29, 0.717) is 42.9 Å². The Hall–Kier alpha value is -2.73. The summed E-state index contributed by atoms with van der Waals surface area (Å²) in [5, 5.41) is 0.641. The number of likely N-dealkylation sites (tertiary alicyclic amines) is 1. The Morgan fingerprint density at radius 2 is 1.78 bits per heavy atom. The first kappa shape index (κ1) is 17.7. The maximum atomic E-state index is 12.6. The van der Waals surface area contributed by atoms with Crippen LogP contribution in [0.25, 0.3) is 0 Å². The van der Waals surface area contributed by atoms with E-state index >= 15 is 0 Å². The van der Waals surface area contributed by atoms with E-state index in [-0.39, 0.29) is 29.5 Å². The third kappa shape index (κ3) is 3.32. The normalized spacial score (nSPS) is 17.4. The third-order valence-corrected chi connectivity index (χ3v) is 5.38. The number of imide groups is 1. The van der Waals surface area contributed by atoms with Crippen LogP contribution < -0.4 is 0 Å². The summed E-state index contributed by atoms with van der Waals surface area (Å²) >= 11 is 5.87. The second kappa shape index (κ2) is 7.12. The number of amides is 3. The van der Waals surface area contributed by atoms with Crippen molar-refractivity contribution >= 4 is 29.3 Å². The average molecular weight is 384 g/mol. The quantitative estimate of drug-likeness (QED) is 0.764. The third-order valence-electron chi connectivity index (χ3n) is 5.13. The first-order chi connectivity index (χ1) is 13.0. The second-order valence-corrected chi connectivity index (χ2v) is 7.23. The zero-order valence-electron chi connectivity index (χ0n) is 14.6. The van der Waals surface area contributed by atoms with E-state index in [0.717, 1.165) is 5.56 Å². The van der Waals surface area contributed by atoms with Crippen molar-refractivity contribution in [2.75, 3.05) is 13.1 Å². The number of aromatic nitrogens is 1. The number of hydrogen-bond donors (Lipinski definition) is 0. The van der Waals surface area contributed by atoms with E-state index in [1.807, 2.05) is 12.1 Å². The van der Waals surface area contributed by atoms with Crippen molar-refractivity contribution in [3.05, 3.63) is 64.4 Å². The van der Waals surface area contributed by atoms with E-state index in [4.69, 9.17) is 11.6 Å². The molecule has 7 heteroatoms. The Morgan fingerprint density at radius 1 is 1.07 bits per heavy atom. The molecule has 27 heavy (non-hydrogen) atoms. The molecule has 1 aromatic heterocycles. The maximum absolute atomic E-state index is 12.6. The molecule has 0 radical (unpaired) electrons. The molecule has 0 atom stereocenters. The van der Waals surface area contributed by atoms with E-state index in [1.54, 1.807) is 29.2 Å². The van der Waals surface area contributed by atoms with Crippen LogP contribution in [0.1, 0.15) is 39.3 Å². The molecule has 6 nitrogen and oxygen atoms in total. The van der Waals surface area contributed by atoms with Crippen molar-refractivity contribution in [1.29, 1.82) is 0 Å². The van der Waals surface area contributed by atoms with Gasteiger partial charge in [0.05, 0.1) is 12.0 Å². The summed E-state index contributed by atoms with van der Waals surface area (Å²) in [4.78, 5) is 44.8. The van der Waals surface area contributed by atoms with Gasteiger partial charge in [-0.15, -0.1) is 0 Å². The van der Waals surface area contributed by atoms with Crippen molar-refractivity contribution in [3.63, 3.8) is 0 Å². The highest BCUT2D eigenvalue weighted by Gasteiger charge is 2.42. The molecule has 0 unspecified atom stereocenters. The van der Waals surface area contributed by atoms with Crippen LogP contribution in [0.15, 0.2) is 42.6 Å². The van der Waals surface area contributed by atoms with Gasteiger partial charge in [0.2, 0.25) is 5.91 Å². The number of carbonyl (C=O) groups excluding carboxylic acids is 3. The molecule has 2 aliphatic rings.